The molecular weight excluding hydrogens is 448 g/mol. The molecule has 2 fully saturated rings. The summed E-state index contributed by atoms with van der Waals surface area (Å²) in [6.07, 6.45) is 4.55. The first-order valence-corrected chi connectivity index (χ1v) is 11.8. The molecule has 4 heterocycles. The molecule has 6 rings (SSSR count). The Morgan fingerprint density at radius 2 is 2.11 bits per heavy atom. The van der Waals surface area contributed by atoms with Gasteiger partial charge in [-0.2, -0.15) is 9.61 Å². The minimum absolute atomic E-state index is 0.0334. The number of aliphatic hydroxyl groups is 1. The fraction of sp³-hybridized carbons (Fsp3) is 0.400. The van der Waals surface area contributed by atoms with Gasteiger partial charge in [-0.3, -0.25) is 4.79 Å². The Kier molecular flexibility index (Phi) is 5.43. The van der Waals surface area contributed by atoms with Crippen molar-refractivity contribution in [2.45, 2.75) is 37.1 Å². The molecule has 0 spiro atoms. The average molecular weight is 477 g/mol. The predicted molar refractivity (Wildman–Crippen MR) is 131 cm³/mol. The van der Waals surface area contributed by atoms with E-state index in [2.05, 4.69) is 38.6 Å². The number of rotatable bonds is 6. The molecule has 10 nitrogen and oxygen atoms in total. The molecule has 4 atom stereocenters. The van der Waals surface area contributed by atoms with E-state index < -0.39 is 6.10 Å². The Bertz CT molecular complexity index is 1410. The van der Waals surface area contributed by atoms with Crippen molar-refractivity contribution >= 4 is 28.3 Å². The number of aliphatic hydroxyl groups excluding tert-OH is 1. The highest BCUT2D eigenvalue weighted by Crippen LogP contribution is 2.36. The number of carbonyl (C=O) groups is 1. The number of aromatic nitrogens is 4. The van der Waals surface area contributed by atoms with E-state index in [1.165, 1.54) is 6.20 Å². The first-order valence-electron chi connectivity index (χ1n) is 11.8. The number of nitrogens with zero attached hydrogens (tertiary/aromatic N) is 4. The Hall–Kier alpha value is -3.47. The number of ether oxygens (including phenoxy) is 2. The van der Waals surface area contributed by atoms with E-state index >= 15 is 0 Å². The molecule has 10 heteroatoms. The maximum atomic E-state index is 13.0. The van der Waals surface area contributed by atoms with E-state index in [0.29, 0.717) is 36.7 Å². The lowest BCUT2D eigenvalue weighted by molar-refractivity contribution is 0.0448. The molecule has 1 amide bonds. The highest BCUT2D eigenvalue weighted by Gasteiger charge is 2.33. The summed E-state index contributed by atoms with van der Waals surface area (Å²) in [5.41, 5.74) is 3.56. The third-order valence-electron chi connectivity index (χ3n) is 7.20. The number of hydrogen-bond donors (Lipinski definition) is 3. The number of anilines is 1. The second kappa shape index (κ2) is 8.63. The molecule has 3 N–H and O–H groups in total. The van der Waals surface area contributed by atoms with Crippen molar-refractivity contribution in [1.29, 1.82) is 0 Å². The molecule has 35 heavy (non-hydrogen) atoms. The zero-order chi connectivity index (χ0) is 24.1. The Labute approximate surface area is 201 Å². The number of fused-ring (bicyclic) bond motifs is 2. The fourth-order valence-corrected chi connectivity index (χ4v) is 5.03. The third kappa shape index (κ3) is 3.56. The fourth-order valence-electron chi connectivity index (χ4n) is 5.03. The van der Waals surface area contributed by atoms with E-state index in [9.17, 15) is 9.90 Å². The zero-order valence-corrected chi connectivity index (χ0v) is 19.6. The summed E-state index contributed by atoms with van der Waals surface area (Å²) in [6, 6.07) is 9.94. The predicted octanol–water partition coefficient (Wildman–Crippen LogP) is 2.23. The molecule has 1 aliphatic carbocycles. The molecule has 4 aromatic rings. The van der Waals surface area contributed by atoms with Crippen LogP contribution in [0.15, 0.2) is 42.7 Å². The topological polar surface area (TPSA) is 115 Å². The second-order valence-electron chi connectivity index (χ2n) is 9.14. The molecule has 0 bridgehead atoms. The van der Waals surface area contributed by atoms with E-state index in [4.69, 9.17) is 14.5 Å². The largest absolute Gasteiger partial charge is 0.391 e. The van der Waals surface area contributed by atoms with Crippen molar-refractivity contribution in [3.05, 3.63) is 48.3 Å². The number of nitrogens with one attached hydrogen (secondary N) is 2. The van der Waals surface area contributed by atoms with Crippen LogP contribution in [-0.2, 0) is 9.47 Å². The third-order valence-corrected chi connectivity index (χ3v) is 7.20. The SMILES string of the molecule is CNc1cc(-c2cn([C@H]3COC[C@@H]3OC)c3ccccc23)nc2c(C(=O)NC3CCC3O)cnn12. The summed E-state index contributed by atoms with van der Waals surface area (Å²) in [5, 5.41) is 21.4. The van der Waals surface area contributed by atoms with E-state index in [1.807, 2.05) is 25.2 Å². The number of carbonyl (C=O) groups excluding carboxylic acids is 1. The summed E-state index contributed by atoms with van der Waals surface area (Å²) in [5.74, 6) is 0.424. The molecule has 3 aromatic heterocycles. The van der Waals surface area contributed by atoms with Crippen LogP contribution in [0, 0.1) is 0 Å². The number of benzene rings is 1. The van der Waals surface area contributed by atoms with Gasteiger partial charge in [0, 0.05) is 42.9 Å². The molecule has 2 aliphatic rings. The lowest BCUT2D eigenvalue weighted by atomic mass is 9.89. The summed E-state index contributed by atoms with van der Waals surface area (Å²) in [7, 11) is 3.52. The second-order valence-corrected chi connectivity index (χ2v) is 9.14. The van der Waals surface area contributed by atoms with Crippen LogP contribution in [-0.4, -0.2) is 75.8 Å². The number of para-hydroxylation sites is 1. The van der Waals surface area contributed by atoms with Gasteiger partial charge in [-0.25, -0.2) is 4.98 Å². The van der Waals surface area contributed by atoms with Gasteiger partial charge in [-0.15, -0.1) is 0 Å². The quantitative estimate of drug-likeness (QED) is 0.391. The smallest absolute Gasteiger partial charge is 0.257 e. The normalized spacial score (nSPS) is 24.1. The number of hydrogen-bond acceptors (Lipinski definition) is 7. The van der Waals surface area contributed by atoms with Crippen LogP contribution in [0.5, 0.6) is 0 Å². The summed E-state index contributed by atoms with van der Waals surface area (Å²) in [4.78, 5) is 17.9. The van der Waals surface area contributed by atoms with Gasteiger partial charge in [0.05, 0.1) is 43.3 Å². The Balaban J connectivity index is 1.47. The molecule has 1 aliphatic heterocycles. The van der Waals surface area contributed by atoms with Gasteiger partial charge in [0.2, 0.25) is 0 Å². The summed E-state index contributed by atoms with van der Waals surface area (Å²) in [6.45, 7) is 1.13. The first kappa shape index (κ1) is 22.0. The van der Waals surface area contributed by atoms with Crippen molar-refractivity contribution in [3.8, 4) is 11.3 Å². The van der Waals surface area contributed by atoms with Crippen molar-refractivity contribution in [3.63, 3.8) is 0 Å². The van der Waals surface area contributed by atoms with Gasteiger partial charge < -0.3 is 29.8 Å². The molecule has 182 valence electrons. The minimum atomic E-state index is -0.501. The highest BCUT2D eigenvalue weighted by molar-refractivity contribution is 6.01. The van der Waals surface area contributed by atoms with Crippen molar-refractivity contribution in [1.82, 2.24) is 24.5 Å². The summed E-state index contributed by atoms with van der Waals surface area (Å²) < 4.78 is 15.2. The van der Waals surface area contributed by atoms with Crippen LogP contribution < -0.4 is 10.6 Å². The maximum absolute atomic E-state index is 13.0. The first-order chi connectivity index (χ1) is 17.1. The monoisotopic (exact) mass is 476 g/mol. The van der Waals surface area contributed by atoms with Crippen molar-refractivity contribution in [2.24, 2.45) is 0 Å². The summed E-state index contributed by atoms with van der Waals surface area (Å²) >= 11 is 0. The maximum Gasteiger partial charge on any atom is 0.257 e. The van der Waals surface area contributed by atoms with Gasteiger partial charge in [0.1, 0.15) is 17.5 Å². The zero-order valence-electron chi connectivity index (χ0n) is 19.6. The van der Waals surface area contributed by atoms with Gasteiger partial charge in [-0.1, -0.05) is 18.2 Å². The Morgan fingerprint density at radius 3 is 2.86 bits per heavy atom. The van der Waals surface area contributed by atoms with Crippen molar-refractivity contribution in [2.75, 3.05) is 32.7 Å². The van der Waals surface area contributed by atoms with E-state index in [0.717, 1.165) is 28.6 Å². The number of methoxy groups -OCH3 is 1. The van der Waals surface area contributed by atoms with Crippen molar-refractivity contribution < 1.29 is 19.4 Å². The Morgan fingerprint density at radius 1 is 1.26 bits per heavy atom. The van der Waals surface area contributed by atoms with Crippen LogP contribution in [0.2, 0.25) is 0 Å². The molecule has 0 radical (unpaired) electrons. The molecule has 2 unspecified atom stereocenters. The van der Waals surface area contributed by atoms with Crippen LogP contribution in [0.4, 0.5) is 5.82 Å². The lowest BCUT2D eigenvalue weighted by Crippen LogP contribution is -2.50. The average Bonchev–Trinajstić information content (AvgIpc) is 3.61. The number of amides is 1. The van der Waals surface area contributed by atoms with Gasteiger partial charge >= 0.3 is 0 Å². The molecule has 1 aromatic carbocycles. The van der Waals surface area contributed by atoms with Crippen LogP contribution in [0.1, 0.15) is 29.2 Å². The van der Waals surface area contributed by atoms with Gasteiger partial charge in [-0.05, 0) is 18.9 Å². The molecule has 1 saturated carbocycles. The van der Waals surface area contributed by atoms with E-state index in [1.54, 1.807) is 11.6 Å². The van der Waals surface area contributed by atoms with Gasteiger partial charge in [0.25, 0.3) is 5.91 Å². The van der Waals surface area contributed by atoms with Crippen LogP contribution in [0.3, 0.4) is 0 Å². The van der Waals surface area contributed by atoms with E-state index in [-0.39, 0.29) is 24.1 Å². The molecular formula is C25H28N6O4. The van der Waals surface area contributed by atoms with Crippen LogP contribution >= 0.6 is 0 Å². The lowest BCUT2D eigenvalue weighted by Gasteiger charge is -2.32. The highest BCUT2D eigenvalue weighted by atomic mass is 16.5. The minimum Gasteiger partial charge on any atom is -0.391 e. The standard InChI is InChI=1S/C25H28N6O4/c1-26-23-9-18(28-24-15(10-27-31(23)24)25(33)29-17-7-8-21(17)32)16-11-30(19-6-4-3-5-14(16)19)20-12-35-13-22(20)34-2/h3-6,9-11,17,20-22,26,32H,7-8,12-13H2,1-2H3,(H,29,33)/t17?,20-,21?,22-/m0/s1. The van der Waals surface area contributed by atoms with Gasteiger partial charge in [0.15, 0.2) is 5.65 Å². The van der Waals surface area contributed by atoms with Crippen LogP contribution in [0.25, 0.3) is 27.8 Å². The molecule has 1 saturated heterocycles.